The minimum absolute atomic E-state index is 0.00880. The summed E-state index contributed by atoms with van der Waals surface area (Å²) in [6.45, 7) is 13.9. The lowest BCUT2D eigenvalue weighted by molar-refractivity contribution is -0.141. The average molecular weight is 1310 g/mol. The largest absolute Gasteiger partial charge is 0.481 e. The number of primary amides is 1. The highest BCUT2D eigenvalue weighted by atomic mass is 32.2. The Kier molecular flexibility index (Phi) is 32.1. The minimum Gasteiger partial charge on any atom is -0.481 e. The molecule has 1 aliphatic rings. The molecule has 0 heterocycles. The molecule has 1 aliphatic carbocycles. The summed E-state index contributed by atoms with van der Waals surface area (Å²) in [4.78, 5) is 156. The first-order valence-corrected chi connectivity index (χ1v) is 32.5. The Balaban J connectivity index is 1.58. The zero-order valence-electron chi connectivity index (χ0n) is 54.4. The molecule has 0 saturated heterocycles. The number of guanidine groups is 1. The molecular formula is C65H96N14O13S. The minimum atomic E-state index is -1.67. The standard InChI is InChI=1S/C65H96N14O13S/c1-9-38(7)53(60(88)75-49(32-37(5)6)59(87)79-63(93-40-21-12-11-13-22-40)62(90)76-48(31-36(3)4)58(86)74-50(33-52(81)82)55(83)71-34-51(67)80)77-57(85)46(27-18-19-29-66)72-56(84)47(28-20-30-70-64(68)69)73-61(89)54(39(8)10-2)78-65(91)92-35-45-43-25-16-14-23-41(43)42-24-15-17-26-44(42)45/h11-17,21-26,36-39,45-50,53-54,63H,9-10,18-20,27-35,66H2,1-8H3,(H2,67,80)(H,71,83)(H,72,84)(H,73,89)(H,74,86)(H,75,88)(H,76,90)(H,77,85)(H,78,91)(H,79,87)(H,81,82)(H4,68,69,70)/t38-,39-,46-,47-,48-,49-,50-,53-,54-,63-/m0/s1. The summed E-state index contributed by atoms with van der Waals surface area (Å²) >= 11 is 0.914. The van der Waals surface area contributed by atoms with Gasteiger partial charge in [-0.3, -0.25) is 52.9 Å². The maximum absolute atomic E-state index is 14.7. The molecule has 10 amide bonds. The van der Waals surface area contributed by atoms with Crippen molar-refractivity contribution in [1.82, 2.24) is 47.9 Å². The van der Waals surface area contributed by atoms with Gasteiger partial charge >= 0.3 is 12.1 Å². The Morgan fingerprint density at radius 3 is 1.52 bits per heavy atom. The number of nitrogens with one attached hydrogen (secondary N) is 9. The van der Waals surface area contributed by atoms with Crippen molar-refractivity contribution in [1.29, 1.82) is 0 Å². The molecule has 3 aromatic carbocycles. The summed E-state index contributed by atoms with van der Waals surface area (Å²) in [6.07, 6.45) is 0.143. The van der Waals surface area contributed by atoms with Crippen LogP contribution in [0.2, 0.25) is 0 Å². The molecule has 510 valence electrons. The zero-order chi connectivity index (χ0) is 68.9. The number of hydrogen-bond donors (Lipinski definition) is 14. The molecule has 10 atom stereocenters. The van der Waals surface area contributed by atoms with Crippen molar-refractivity contribution in [2.45, 2.75) is 178 Å². The van der Waals surface area contributed by atoms with Crippen LogP contribution >= 0.6 is 11.8 Å². The van der Waals surface area contributed by atoms with E-state index in [-0.39, 0.29) is 75.5 Å². The number of thioether (sulfide) groups is 1. The third kappa shape index (κ3) is 25.3. The van der Waals surface area contributed by atoms with E-state index < -0.39 is 138 Å². The van der Waals surface area contributed by atoms with Crippen LogP contribution < -0.4 is 70.8 Å². The van der Waals surface area contributed by atoms with Gasteiger partial charge in [0, 0.05) is 17.4 Å². The van der Waals surface area contributed by atoms with Crippen LogP contribution in [0.3, 0.4) is 0 Å². The molecule has 0 aliphatic heterocycles. The maximum Gasteiger partial charge on any atom is 0.407 e. The summed E-state index contributed by atoms with van der Waals surface area (Å²) in [5.74, 6) is -10.9. The van der Waals surface area contributed by atoms with E-state index in [0.717, 1.165) is 34.0 Å². The fourth-order valence-corrected chi connectivity index (χ4v) is 11.3. The number of aliphatic imine (C=N–C) groups is 1. The summed E-state index contributed by atoms with van der Waals surface area (Å²) in [6, 6.07) is 14.8. The van der Waals surface area contributed by atoms with Gasteiger partial charge in [-0.05, 0) is 110 Å². The van der Waals surface area contributed by atoms with Crippen molar-refractivity contribution < 1.29 is 62.6 Å². The SMILES string of the molecule is CC[C@H](C)[C@H](NC(=O)OCC1c2ccccc2-c2ccccc21)C(=O)N[C@@H](CCCN=C(N)N)C(=O)N[C@@H](CCCCN)C(=O)N[C@H](C(=O)N[C@@H](CC(C)C)C(=O)N[C@@H](Sc1ccccc1)C(=O)N[C@@H](CC(C)C)C(=O)N[C@@H](CC(=O)O)C(=O)NCC(N)=O)[C@@H](C)CC. The summed E-state index contributed by atoms with van der Waals surface area (Å²) < 4.78 is 5.81. The number of nitrogens with two attached hydrogens (primary N) is 4. The van der Waals surface area contributed by atoms with Crippen LogP contribution in [-0.2, 0) is 52.7 Å². The first-order valence-electron chi connectivity index (χ1n) is 31.7. The number of hydrogen-bond acceptors (Lipinski definition) is 15. The fourth-order valence-electron chi connectivity index (χ4n) is 10.4. The van der Waals surface area contributed by atoms with Crippen molar-refractivity contribution in [2.75, 3.05) is 26.2 Å². The fraction of sp³-hybridized carbons (Fsp3) is 0.538. The third-order valence-corrected chi connectivity index (χ3v) is 16.8. The molecule has 93 heavy (non-hydrogen) atoms. The molecule has 0 unspecified atom stereocenters. The molecule has 0 saturated carbocycles. The second-order valence-corrected chi connectivity index (χ2v) is 25.3. The molecule has 0 spiro atoms. The van der Waals surface area contributed by atoms with E-state index in [1.54, 1.807) is 78.8 Å². The summed E-state index contributed by atoms with van der Waals surface area (Å²) in [5.41, 5.74) is 26.3. The van der Waals surface area contributed by atoms with Crippen LogP contribution in [0, 0.1) is 23.7 Å². The molecule has 28 heteroatoms. The molecule has 0 bridgehead atoms. The van der Waals surface area contributed by atoms with Gasteiger partial charge in [0.25, 0.3) is 5.91 Å². The Morgan fingerprint density at radius 2 is 1.00 bits per heavy atom. The monoisotopic (exact) mass is 1310 g/mol. The molecule has 0 radical (unpaired) electrons. The number of nitrogens with zero attached hydrogens (tertiary/aromatic N) is 1. The Hall–Kier alpha value is -8.79. The van der Waals surface area contributed by atoms with E-state index in [4.69, 9.17) is 27.7 Å². The topological polar surface area (TPSA) is 442 Å². The number of aliphatic carboxylic acids is 1. The van der Waals surface area contributed by atoms with Gasteiger partial charge in [0.2, 0.25) is 47.3 Å². The summed E-state index contributed by atoms with van der Waals surface area (Å²) in [7, 11) is 0. The van der Waals surface area contributed by atoms with Crippen LogP contribution in [0.15, 0.2) is 88.8 Å². The number of amides is 10. The molecular weight excluding hydrogens is 1220 g/mol. The van der Waals surface area contributed by atoms with Crippen molar-refractivity contribution in [3.05, 3.63) is 90.0 Å². The second-order valence-electron chi connectivity index (χ2n) is 24.1. The highest BCUT2D eigenvalue weighted by molar-refractivity contribution is 8.00. The van der Waals surface area contributed by atoms with E-state index in [9.17, 15) is 57.8 Å². The lowest BCUT2D eigenvalue weighted by Gasteiger charge is -2.30. The third-order valence-electron chi connectivity index (χ3n) is 15.7. The van der Waals surface area contributed by atoms with Gasteiger partial charge in [-0.25, -0.2) is 4.79 Å². The number of carbonyl (C=O) groups excluding carboxylic acids is 10. The predicted molar refractivity (Wildman–Crippen MR) is 353 cm³/mol. The zero-order valence-corrected chi connectivity index (χ0v) is 55.2. The molecule has 18 N–H and O–H groups in total. The number of benzene rings is 3. The van der Waals surface area contributed by atoms with Crippen LogP contribution in [0.25, 0.3) is 11.1 Å². The maximum atomic E-state index is 14.7. The van der Waals surface area contributed by atoms with E-state index in [0.29, 0.717) is 30.6 Å². The van der Waals surface area contributed by atoms with Gasteiger partial charge < -0.3 is 80.6 Å². The Labute approximate surface area is 548 Å². The van der Waals surface area contributed by atoms with Gasteiger partial charge in [0.05, 0.1) is 13.0 Å². The molecule has 27 nitrogen and oxygen atoms in total. The molecule has 0 fully saturated rings. The smallest absolute Gasteiger partial charge is 0.407 e. The highest BCUT2D eigenvalue weighted by Gasteiger charge is 2.38. The van der Waals surface area contributed by atoms with E-state index in [1.165, 1.54) is 0 Å². The van der Waals surface area contributed by atoms with E-state index in [1.807, 2.05) is 55.5 Å². The molecule has 0 aromatic heterocycles. The van der Waals surface area contributed by atoms with Crippen molar-refractivity contribution in [2.24, 2.45) is 51.6 Å². The predicted octanol–water partition coefficient (Wildman–Crippen LogP) is 2.48. The van der Waals surface area contributed by atoms with Gasteiger partial charge in [-0.15, -0.1) is 0 Å². The highest BCUT2D eigenvalue weighted by Crippen LogP contribution is 2.44. The lowest BCUT2D eigenvalue weighted by Crippen LogP contribution is -2.61. The van der Waals surface area contributed by atoms with Crippen LogP contribution in [0.5, 0.6) is 0 Å². The van der Waals surface area contributed by atoms with Gasteiger partial charge in [-0.2, -0.15) is 0 Å². The first kappa shape index (κ1) is 76.7. The Bertz CT molecular complexity index is 3010. The second kappa shape index (κ2) is 38.9. The first-order chi connectivity index (χ1) is 44.2. The Morgan fingerprint density at radius 1 is 0.538 bits per heavy atom. The van der Waals surface area contributed by atoms with Crippen molar-refractivity contribution in [3.8, 4) is 11.1 Å². The lowest BCUT2D eigenvalue weighted by atomic mass is 9.96. The van der Waals surface area contributed by atoms with Crippen molar-refractivity contribution in [3.63, 3.8) is 0 Å². The molecule has 3 aromatic rings. The number of fused-ring (bicyclic) bond motifs is 3. The number of alkyl carbamates (subject to hydrolysis) is 1. The number of unbranched alkanes of at least 4 members (excludes halogenated alkanes) is 1. The number of ether oxygens (including phenoxy) is 1. The normalized spacial score (nSPS) is 14.9. The van der Waals surface area contributed by atoms with Crippen LogP contribution in [0.4, 0.5) is 4.79 Å². The number of carboxylic acid groups (broad SMARTS) is 1. The summed E-state index contributed by atoms with van der Waals surface area (Å²) in [5, 5.41) is 31.9. The number of carbonyl (C=O) groups is 11. The van der Waals surface area contributed by atoms with Crippen molar-refractivity contribution >= 4 is 82.9 Å². The van der Waals surface area contributed by atoms with E-state index in [2.05, 4.69) is 52.8 Å². The molecule has 4 rings (SSSR count). The average Bonchev–Trinajstić information content (AvgIpc) is 1.65. The van der Waals surface area contributed by atoms with Gasteiger partial charge in [0.15, 0.2) is 11.3 Å². The number of rotatable bonds is 40. The van der Waals surface area contributed by atoms with Gasteiger partial charge in [-0.1, -0.05) is 147 Å². The quantitative estimate of drug-likeness (QED) is 0.0128. The number of carboxylic acids is 1. The van der Waals surface area contributed by atoms with Gasteiger partial charge in [0.1, 0.15) is 48.9 Å². The van der Waals surface area contributed by atoms with E-state index >= 15 is 0 Å². The van der Waals surface area contributed by atoms with Crippen LogP contribution in [-0.4, -0.2) is 150 Å². The van der Waals surface area contributed by atoms with Crippen LogP contribution in [0.1, 0.15) is 137 Å².